The van der Waals surface area contributed by atoms with Crippen molar-refractivity contribution in [1.82, 2.24) is 0 Å². The first kappa shape index (κ1) is 17.2. The predicted molar refractivity (Wildman–Crippen MR) is 81.4 cm³/mol. The summed E-state index contributed by atoms with van der Waals surface area (Å²) in [5, 5.41) is 9.76. The topological polar surface area (TPSA) is 29.5 Å². The van der Waals surface area contributed by atoms with E-state index in [1.54, 1.807) is 6.92 Å². The van der Waals surface area contributed by atoms with Gasteiger partial charge >= 0.3 is 0 Å². The first-order valence-electron chi connectivity index (χ1n) is 6.59. The zero-order valence-corrected chi connectivity index (χ0v) is 13.8. The van der Waals surface area contributed by atoms with Gasteiger partial charge in [-0.1, -0.05) is 17.2 Å². The Morgan fingerprint density at radius 1 is 1.25 bits per heavy atom. The van der Waals surface area contributed by atoms with Crippen molar-refractivity contribution < 1.29 is 18.1 Å². The molecule has 0 heterocycles. The smallest absolute Gasteiger partial charge is 0.173 e. The Labute approximate surface area is 121 Å². The lowest BCUT2D eigenvalue weighted by Gasteiger charge is -2.43. The van der Waals surface area contributed by atoms with Crippen molar-refractivity contribution in [2.75, 3.05) is 12.5 Å². The highest BCUT2D eigenvalue weighted by Crippen LogP contribution is 2.54. The van der Waals surface area contributed by atoms with Gasteiger partial charge in [0.1, 0.15) is 5.82 Å². The van der Waals surface area contributed by atoms with Gasteiger partial charge in [-0.05, 0) is 45.8 Å². The number of rotatable bonds is 4. The van der Waals surface area contributed by atoms with Crippen LogP contribution in [-0.4, -0.2) is 22.4 Å². The van der Waals surface area contributed by atoms with Crippen LogP contribution in [0.2, 0.25) is 0 Å². The van der Waals surface area contributed by atoms with Crippen molar-refractivity contribution >= 4 is 10.3 Å². The van der Waals surface area contributed by atoms with Gasteiger partial charge in [-0.25, -0.2) is 8.78 Å². The van der Waals surface area contributed by atoms with E-state index in [4.69, 9.17) is 4.18 Å². The normalized spacial score (nSPS) is 15.1. The van der Waals surface area contributed by atoms with Crippen molar-refractivity contribution in [1.29, 1.82) is 0 Å². The van der Waals surface area contributed by atoms with Crippen LogP contribution in [0.25, 0.3) is 0 Å². The zero-order valence-electron chi connectivity index (χ0n) is 13.0. The average molecular weight is 306 g/mol. The van der Waals surface area contributed by atoms with Crippen LogP contribution in [-0.2, 0) is 0 Å². The summed E-state index contributed by atoms with van der Waals surface area (Å²) in [6.45, 7) is 7.71. The minimum Gasteiger partial charge on any atom is -0.446 e. The summed E-state index contributed by atoms with van der Waals surface area (Å²) in [5.74, 6) is -1.40. The number of hydrogen-bond acceptors (Lipinski definition) is 2. The fourth-order valence-corrected chi connectivity index (χ4v) is 2.28. The molecule has 0 spiro atoms. The Morgan fingerprint density at radius 3 is 2.25 bits per heavy atom. The highest BCUT2D eigenvalue weighted by Gasteiger charge is 2.31. The molecule has 0 aliphatic rings. The average Bonchev–Trinajstić information content (AvgIpc) is 2.30. The van der Waals surface area contributed by atoms with Crippen molar-refractivity contribution in [3.63, 3.8) is 0 Å². The van der Waals surface area contributed by atoms with Crippen molar-refractivity contribution in [3.8, 4) is 5.75 Å². The summed E-state index contributed by atoms with van der Waals surface area (Å²) in [7, 11) is -1.63. The van der Waals surface area contributed by atoms with Gasteiger partial charge in [0, 0.05) is 16.4 Å². The molecule has 5 heteroatoms. The van der Waals surface area contributed by atoms with E-state index in [2.05, 4.69) is 0 Å². The second-order valence-corrected chi connectivity index (χ2v) is 10.0. The summed E-state index contributed by atoms with van der Waals surface area (Å²) >= 11 is 0. The summed E-state index contributed by atoms with van der Waals surface area (Å²) in [5.41, 5.74) is -0.0494. The second-order valence-electron chi connectivity index (χ2n) is 6.16. The lowest BCUT2D eigenvalue weighted by atomic mass is 10.1. The van der Waals surface area contributed by atoms with Crippen LogP contribution in [0.4, 0.5) is 8.78 Å². The third kappa shape index (κ3) is 3.64. The van der Waals surface area contributed by atoms with Gasteiger partial charge in [0.15, 0.2) is 11.6 Å². The predicted octanol–water partition coefficient (Wildman–Crippen LogP) is 4.56. The standard InChI is InChI=1S/C15H24F2O2S/c1-7-12(18)11-8-10(16)9-13(14(11)17)19-20(5,6)15(2,3)4/h8-9,12,18H,7H2,1-6H3. The summed E-state index contributed by atoms with van der Waals surface area (Å²) < 4.78 is 33.6. The number of aliphatic hydroxyl groups excluding tert-OH is 1. The van der Waals surface area contributed by atoms with Crippen LogP contribution >= 0.6 is 10.3 Å². The fraction of sp³-hybridized carbons (Fsp3) is 0.600. The third-order valence-electron chi connectivity index (χ3n) is 3.55. The lowest BCUT2D eigenvalue weighted by Crippen LogP contribution is -2.27. The minimum absolute atomic E-state index is 0.0494. The highest BCUT2D eigenvalue weighted by atomic mass is 32.3. The molecule has 1 rings (SSSR count). The molecule has 1 aromatic carbocycles. The Kier molecular flexibility index (Phi) is 5.08. The molecule has 0 aromatic heterocycles. The molecule has 2 nitrogen and oxygen atoms in total. The molecule has 1 N–H and O–H groups in total. The van der Waals surface area contributed by atoms with E-state index in [-0.39, 0.29) is 16.1 Å². The number of halogens is 2. The molecule has 0 fully saturated rings. The van der Waals surface area contributed by atoms with Gasteiger partial charge in [0.25, 0.3) is 0 Å². The molecule has 1 atom stereocenters. The lowest BCUT2D eigenvalue weighted by molar-refractivity contribution is 0.168. The molecule has 1 aromatic rings. The maximum absolute atomic E-state index is 14.4. The van der Waals surface area contributed by atoms with Gasteiger partial charge < -0.3 is 9.29 Å². The first-order chi connectivity index (χ1) is 8.99. The molecular formula is C15H24F2O2S. The van der Waals surface area contributed by atoms with Gasteiger partial charge in [-0.3, -0.25) is 0 Å². The monoisotopic (exact) mass is 306 g/mol. The Hall–Kier alpha value is -0.810. The Balaban J connectivity index is 3.23. The maximum atomic E-state index is 14.4. The first-order valence-corrected chi connectivity index (χ1v) is 8.96. The Bertz CT molecular complexity index is 481. The zero-order chi connectivity index (χ0) is 15.7. The molecule has 0 aliphatic carbocycles. The molecule has 116 valence electrons. The molecule has 0 saturated heterocycles. The fourth-order valence-electron chi connectivity index (χ4n) is 1.46. The summed E-state index contributed by atoms with van der Waals surface area (Å²) in [6, 6.07) is 2.07. The van der Waals surface area contributed by atoms with Crippen LogP contribution in [0.1, 0.15) is 45.8 Å². The van der Waals surface area contributed by atoms with Crippen LogP contribution in [0.5, 0.6) is 5.75 Å². The van der Waals surface area contributed by atoms with Crippen LogP contribution in [0.15, 0.2) is 12.1 Å². The van der Waals surface area contributed by atoms with Gasteiger partial charge in [-0.15, -0.1) is 0 Å². The number of benzene rings is 1. The molecule has 20 heavy (non-hydrogen) atoms. The summed E-state index contributed by atoms with van der Waals surface area (Å²) in [6.07, 6.45) is 3.11. The molecule has 0 saturated carbocycles. The van der Waals surface area contributed by atoms with Crippen LogP contribution in [0, 0.1) is 11.6 Å². The molecular weight excluding hydrogens is 282 g/mol. The maximum Gasteiger partial charge on any atom is 0.173 e. The summed E-state index contributed by atoms with van der Waals surface area (Å²) in [4.78, 5) is 0. The van der Waals surface area contributed by atoms with Gasteiger partial charge in [-0.2, -0.15) is 0 Å². The van der Waals surface area contributed by atoms with E-state index in [1.165, 1.54) is 0 Å². The molecule has 0 amide bonds. The van der Waals surface area contributed by atoms with Crippen LogP contribution < -0.4 is 4.18 Å². The van der Waals surface area contributed by atoms with Crippen molar-refractivity contribution in [2.24, 2.45) is 0 Å². The van der Waals surface area contributed by atoms with Crippen molar-refractivity contribution in [3.05, 3.63) is 29.3 Å². The molecule has 0 radical (unpaired) electrons. The van der Waals surface area contributed by atoms with E-state index in [0.29, 0.717) is 6.42 Å². The SMILES string of the molecule is CCC(O)c1cc(F)cc(OS(C)(C)C(C)(C)C)c1F. The van der Waals surface area contributed by atoms with Gasteiger partial charge in [0.05, 0.1) is 6.10 Å². The van der Waals surface area contributed by atoms with E-state index in [1.807, 2.05) is 33.3 Å². The van der Waals surface area contributed by atoms with Crippen LogP contribution in [0.3, 0.4) is 0 Å². The highest BCUT2D eigenvalue weighted by molar-refractivity contribution is 8.30. The van der Waals surface area contributed by atoms with E-state index < -0.39 is 28.0 Å². The quantitative estimate of drug-likeness (QED) is 0.883. The van der Waals surface area contributed by atoms with E-state index in [0.717, 1.165) is 12.1 Å². The number of aliphatic hydroxyl groups is 1. The van der Waals surface area contributed by atoms with E-state index >= 15 is 0 Å². The minimum atomic E-state index is -1.63. The number of hydrogen-bond donors (Lipinski definition) is 1. The largest absolute Gasteiger partial charge is 0.446 e. The molecule has 0 bridgehead atoms. The van der Waals surface area contributed by atoms with E-state index in [9.17, 15) is 13.9 Å². The van der Waals surface area contributed by atoms with Gasteiger partial charge in [0.2, 0.25) is 0 Å². The Morgan fingerprint density at radius 2 is 1.80 bits per heavy atom. The third-order valence-corrected chi connectivity index (χ3v) is 7.10. The second kappa shape index (κ2) is 5.90. The van der Waals surface area contributed by atoms with Crippen molar-refractivity contribution in [2.45, 2.75) is 45.0 Å². The molecule has 0 aliphatic heterocycles. The molecule has 1 unspecified atom stereocenters.